The highest BCUT2D eigenvalue weighted by Gasteiger charge is 2.28. The lowest BCUT2D eigenvalue weighted by Gasteiger charge is -2.26. The minimum absolute atomic E-state index is 0.106. The van der Waals surface area contributed by atoms with E-state index in [1.807, 2.05) is 0 Å². The molecule has 0 aromatic heterocycles. The molecule has 0 bridgehead atoms. The van der Waals surface area contributed by atoms with Crippen molar-refractivity contribution >= 4 is 10.9 Å². The maximum atomic E-state index is 5.97. The van der Waals surface area contributed by atoms with E-state index in [1.54, 1.807) is 0 Å². The minimum atomic E-state index is -0.106. The molecule has 0 radical (unpaired) electrons. The van der Waals surface area contributed by atoms with Crippen LogP contribution >= 0.6 is 0 Å². The molecule has 1 aliphatic heterocycles. The number of ether oxygens (including phenoxy) is 1. The van der Waals surface area contributed by atoms with Crippen LogP contribution in [0.5, 0.6) is 0 Å². The maximum absolute atomic E-state index is 5.97. The van der Waals surface area contributed by atoms with Gasteiger partial charge >= 0.3 is 0 Å². The first kappa shape index (κ1) is 20.8. The Morgan fingerprint density at radius 1 is 0.733 bits per heavy atom. The lowest BCUT2D eigenvalue weighted by atomic mass is 10.1. The van der Waals surface area contributed by atoms with Gasteiger partial charge in [0.2, 0.25) is 0 Å². The van der Waals surface area contributed by atoms with E-state index < -0.39 is 0 Å². The van der Waals surface area contributed by atoms with Crippen LogP contribution in [0.25, 0.3) is 0 Å². The summed E-state index contributed by atoms with van der Waals surface area (Å²) in [5.41, 5.74) is 1.18. The van der Waals surface area contributed by atoms with E-state index in [9.17, 15) is 0 Å². The molecule has 30 heavy (non-hydrogen) atoms. The average Bonchev–Trinajstić information content (AvgIpc) is 2.81. The van der Waals surface area contributed by atoms with Gasteiger partial charge < -0.3 is 4.74 Å². The molecule has 1 aliphatic rings. The molecule has 3 aromatic carbocycles. The monoisotopic (exact) mass is 416 g/mol. The Morgan fingerprint density at radius 3 is 1.83 bits per heavy atom. The van der Waals surface area contributed by atoms with Crippen molar-refractivity contribution in [2.24, 2.45) is 0 Å². The Morgan fingerprint density at radius 2 is 1.27 bits per heavy atom. The van der Waals surface area contributed by atoms with Crippen molar-refractivity contribution in [2.75, 3.05) is 19.6 Å². The highest BCUT2D eigenvalue weighted by molar-refractivity contribution is 7.97. The van der Waals surface area contributed by atoms with E-state index in [1.165, 1.54) is 52.6 Å². The lowest BCUT2D eigenvalue weighted by molar-refractivity contribution is 0.149. The molecule has 1 fully saturated rings. The molecule has 1 heterocycles. The first-order valence-corrected chi connectivity index (χ1v) is 12.0. The molecule has 3 heteroatoms. The van der Waals surface area contributed by atoms with Gasteiger partial charge in [0.05, 0.1) is 17.4 Å². The van der Waals surface area contributed by atoms with Gasteiger partial charge in [0, 0.05) is 0 Å². The Kier molecular flexibility index (Phi) is 7.28. The second-order valence-corrected chi connectivity index (χ2v) is 9.77. The van der Waals surface area contributed by atoms with Crippen molar-refractivity contribution in [1.29, 1.82) is 0 Å². The standard InChI is InChI=1S/C27H30NOS/c1-23(21-28-19-9-4-10-20-28)29-22-24-15-17-27(18-16-24)30(25-11-5-2-6-12-25)26-13-7-3-8-14-26/h2-3,5-8,11-18H,1,4,9-10,19-22H2/q+1. The topological polar surface area (TPSA) is 12.5 Å². The zero-order chi connectivity index (χ0) is 20.6. The molecular weight excluding hydrogens is 386 g/mol. The summed E-state index contributed by atoms with van der Waals surface area (Å²) in [6, 6.07) is 30.4. The van der Waals surface area contributed by atoms with Crippen LogP contribution in [-0.2, 0) is 22.2 Å². The fourth-order valence-corrected chi connectivity index (χ4v) is 5.92. The zero-order valence-corrected chi connectivity index (χ0v) is 18.3. The molecule has 0 amide bonds. The molecule has 0 atom stereocenters. The van der Waals surface area contributed by atoms with Crippen molar-refractivity contribution in [2.45, 2.75) is 40.6 Å². The average molecular weight is 417 g/mol. The summed E-state index contributed by atoms with van der Waals surface area (Å²) in [7, 11) is -0.106. The van der Waals surface area contributed by atoms with Crippen LogP contribution in [0.4, 0.5) is 0 Å². The van der Waals surface area contributed by atoms with Gasteiger partial charge in [-0.15, -0.1) is 0 Å². The van der Waals surface area contributed by atoms with Gasteiger partial charge in [0.15, 0.2) is 14.7 Å². The third kappa shape index (κ3) is 5.56. The van der Waals surface area contributed by atoms with Gasteiger partial charge in [-0.1, -0.05) is 61.5 Å². The minimum Gasteiger partial charge on any atom is -0.493 e. The van der Waals surface area contributed by atoms with Crippen LogP contribution in [0.15, 0.2) is 112 Å². The van der Waals surface area contributed by atoms with Gasteiger partial charge in [0.25, 0.3) is 0 Å². The van der Waals surface area contributed by atoms with Gasteiger partial charge in [-0.25, -0.2) is 0 Å². The van der Waals surface area contributed by atoms with E-state index in [2.05, 4.69) is 96.4 Å². The summed E-state index contributed by atoms with van der Waals surface area (Å²) in [6.07, 6.45) is 3.93. The first-order chi connectivity index (χ1) is 14.8. The summed E-state index contributed by atoms with van der Waals surface area (Å²) >= 11 is 0. The smallest absolute Gasteiger partial charge is 0.166 e. The summed E-state index contributed by atoms with van der Waals surface area (Å²) in [4.78, 5) is 6.44. The van der Waals surface area contributed by atoms with Crippen molar-refractivity contribution in [3.8, 4) is 0 Å². The van der Waals surface area contributed by atoms with E-state index in [0.717, 1.165) is 12.3 Å². The first-order valence-electron chi connectivity index (χ1n) is 10.8. The number of piperidine rings is 1. The van der Waals surface area contributed by atoms with Crippen LogP contribution in [0, 0.1) is 0 Å². The number of rotatable bonds is 8. The van der Waals surface area contributed by atoms with Gasteiger partial charge in [-0.3, -0.25) is 4.90 Å². The Balaban J connectivity index is 1.42. The van der Waals surface area contributed by atoms with Crippen molar-refractivity contribution < 1.29 is 4.74 Å². The largest absolute Gasteiger partial charge is 0.493 e. The Labute approximate surface area is 183 Å². The summed E-state index contributed by atoms with van der Waals surface area (Å²) in [6.45, 7) is 7.89. The van der Waals surface area contributed by atoms with Crippen LogP contribution in [0.3, 0.4) is 0 Å². The normalized spacial score (nSPS) is 14.6. The second kappa shape index (κ2) is 10.5. The van der Waals surface area contributed by atoms with E-state index in [0.29, 0.717) is 6.61 Å². The van der Waals surface area contributed by atoms with Crippen LogP contribution < -0.4 is 0 Å². The molecule has 0 spiro atoms. The predicted molar refractivity (Wildman–Crippen MR) is 126 cm³/mol. The maximum Gasteiger partial charge on any atom is 0.166 e. The van der Waals surface area contributed by atoms with Gasteiger partial charge in [0.1, 0.15) is 12.4 Å². The number of hydrogen-bond donors (Lipinski definition) is 0. The highest BCUT2D eigenvalue weighted by Crippen LogP contribution is 2.31. The van der Waals surface area contributed by atoms with E-state index in [4.69, 9.17) is 4.74 Å². The van der Waals surface area contributed by atoms with Crippen molar-refractivity contribution in [3.05, 3.63) is 103 Å². The molecular formula is C27H30NOS+. The van der Waals surface area contributed by atoms with E-state index in [-0.39, 0.29) is 10.9 Å². The van der Waals surface area contributed by atoms with Crippen LogP contribution in [0.2, 0.25) is 0 Å². The number of hydrogen-bond acceptors (Lipinski definition) is 2. The van der Waals surface area contributed by atoms with E-state index >= 15 is 0 Å². The second-order valence-electron chi connectivity index (χ2n) is 7.74. The highest BCUT2D eigenvalue weighted by atomic mass is 32.2. The van der Waals surface area contributed by atoms with Crippen molar-refractivity contribution in [3.63, 3.8) is 0 Å². The molecule has 0 saturated carbocycles. The SMILES string of the molecule is C=C(CN1CCCCC1)OCc1ccc([S+](c2ccccc2)c2ccccc2)cc1. The quantitative estimate of drug-likeness (QED) is 0.316. The Bertz CT molecular complexity index is 879. The number of likely N-dealkylation sites (tertiary alicyclic amines) is 1. The molecule has 0 N–H and O–H groups in total. The molecule has 1 saturated heterocycles. The fourth-order valence-electron chi connectivity index (χ4n) is 3.84. The van der Waals surface area contributed by atoms with Crippen LogP contribution in [-0.4, -0.2) is 24.5 Å². The third-order valence-electron chi connectivity index (χ3n) is 5.41. The predicted octanol–water partition coefficient (Wildman–Crippen LogP) is 6.30. The number of benzene rings is 3. The van der Waals surface area contributed by atoms with Crippen molar-refractivity contribution in [1.82, 2.24) is 4.90 Å². The zero-order valence-electron chi connectivity index (χ0n) is 17.5. The lowest BCUT2D eigenvalue weighted by Crippen LogP contribution is -2.31. The Hall–Kier alpha value is -2.49. The molecule has 4 rings (SSSR count). The van der Waals surface area contributed by atoms with Gasteiger partial charge in [-0.05, 0) is 67.9 Å². The van der Waals surface area contributed by atoms with Gasteiger partial charge in [-0.2, -0.15) is 0 Å². The summed E-state index contributed by atoms with van der Waals surface area (Å²) < 4.78 is 5.97. The molecule has 0 unspecified atom stereocenters. The number of nitrogens with zero attached hydrogens (tertiary/aromatic N) is 1. The molecule has 3 aromatic rings. The third-order valence-corrected chi connectivity index (χ3v) is 7.64. The summed E-state index contributed by atoms with van der Waals surface area (Å²) in [5.74, 6) is 0.870. The van der Waals surface area contributed by atoms with Crippen LogP contribution in [0.1, 0.15) is 24.8 Å². The molecule has 154 valence electrons. The molecule has 0 aliphatic carbocycles. The fraction of sp³-hybridized carbons (Fsp3) is 0.259. The molecule has 2 nitrogen and oxygen atoms in total. The summed E-state index contributed by atoms with van der Waals surface area (Å²) in [5, 5.41) is 0.